The molecule has 0 radical (unpaired) electrons. The standard InChI is InChI=1S/C20H46O6Si2/c1-7-21-27(22-8-2,23-9-3)19-17-15-13-14-16-18-20-28(24-10-4,25-11-5)26-12-6/h7-20H2,1-6H3. The summed E-state index contributed by atoms with van der Waals surface area (Å²) in [5.74, 6) is 0. The van der Waals surface area contributed by atoms with Crippen LogP contribution in [0.25, 0.3) is 0 Å². The van der Waals surface area contributed by atoms with E-state index in [4.69, 9.17) is 26.6 Å². The second-order valence-electron chi connectivity index (χ2n) is 6.59. The van der Waals surface area contributed by atoms with Gasteiger partial charge in [-0.05, 0) is 54.4 Å². The summed E-state index contributed by atoms with van der Waals surface area (Å²) in [7, 11) is -4.93. The summed E-state index contributed by atoms with van der Waals surface area (Å²) in [5, 5.41) is 0. The molecule has 0 heterocycles. The second-order valence-corrected chi connectivity index (χ2v) is 12.0. The summed E-state index contributed by atoms with van der Waals surface area (Å²) < 4.78 is 35.5. The van der Waals surface area contributed by atoms with Crippen molar-refractivity contribution in [1.82, 2.24) is 0 Å². The molecule has 0 spiro atoms. The second kappa shape index (κ2) is 18.0. The van der Waals surface area contributed by atoms with Crippen molar-refractivity contribution in [3.63, 3.8) is 0 Å². The van der Waals surface area contributed by atoms with E-state index in [1.807, 2.05) is 41.5 Å². The van der Waals surface area contributed by atoms with E-state index in [0.29, 0.717) is 39.6 Å². The van der Waals surface area contributed by atoms with E-state index in [0.717, 1.165) is 24.9 Å². The van der Waals surface area contributed by atoms with Crippen LogP contribution in [0.1, 0.15) is 80.1 Å². The molecule has 0 aliphatic rings. The zero-order valence-corrected chi connectivity index (χ0v) is 21.3. The summed E-state index contributed by atoms with van der Waals surface area (Å²) in [5.41, 5.74) is 0. The maximum Gasteiger partial charge on any atom is 0.500 e. The van der Waals surface area contributed by atoms with Gasteiger partial charge < -0.3 is 26.6 Å². The van der Waals surface area contributed by atoms with Crippen molar-refractivity contribution < 1.29 is 26.6 Å². The maximum absolute atomic E-state index is 5.92. The molecule has 8 heteroatoms. The maximum atomic E-state index is 5.92. The number of hydrogen-bond acceptors (Lipinski definition) is 6. The highest BCUT2D eigenvalue weighted by atomic mass is 28.4. The third-order valence-electron chi connectivity index (χ3n) is 4.40. The highest BCUT2D eigenvalue weighted by Gasteiger charge is 2.40. The molecule has 0 aromatic heterocycles. The predicted octanol–water partition coefficient (Wildman–Crippen LogP) is 5.42. The van der Waals surface area contributed by atoms with Crippen molar-refractivity contribution in [3.8, 4) is 0 Å². The zero-order chi connectivity index (χ0) is 21.1. The Morgan fingerprint density at radius 3 is 0.786 bits per heavy atom. The molecule has 0 aromatic rings. The highest BCUT2D eigenvalue weighted by molar-refractivity contribution is 6.61. The molecule has 28 heavy (non-hydrogen) atoms. The molecule has 0 bridgehead atoms. The van der Waals surface area contributed by atoms with Gasteiger partial charge in [-0.15, -0.1) is 0 Å². The summed E-state index contributed by atoms with van der Waals surface area (Å²) >= 11 is 0. The van der Waals surface area contributed by atoms with Crippen LogP contribution in [0.3, 0.4) is 0 Å². The van der Waals surface area contributed by atoms with Gasteiger partial charge >= 0.3 is 17.6 Å². The molecule has 0 saturated carbocycles. The van der Waals surface area contributed by atoms with Gasteiger partial charge in [0.1, 0.15) is 0 Å². The van der Waals surface area contributed by atoms with Crippen molar-refractivity contribution in [2.24, 2.45) is 0 Å². The van der Waals surface area contributed by atoms with Crippen molar-refractivity contribution >= 4 is 17.6 Å². The van der Waals surface area contributed by atoms with Gasteiger partial charge in [-0.1, -0.05) is 25.7 Å². The topological polar surface area (TPSA) is 55.4 Å². The Labute approximate surface area is 176 Å². The molecular weight excluding hydrogens is 392 g/mol. The van der Waals surface area contributed by atoms with Gasteiger partial charge in [-0.3, -0.25) is 0 Å². The molecule has 0 rings (SSSR count). The number of unbranched alkanes of at least 4 members (excludes halogenated alkanes) is 5. The first kappa shape index (κ1) is 28.2. The normalized spacial score (nSPS) is 12.6. The number of rotatable bonds is 21. The van der Waals surface area contributed by atoms with Crippen LogP contribution >= 0.6 is 0 Å². The van der Waals surface area contributed by atoms with Crippen LogP contribution in [0.4, 0.5) is 0 Å². The van der Waals surface area contributed by atoms with Crippen molar-refractivity contribution in [2.75, 3.05) is 39.6 Å². The van der Waals surface area contributed by atoms with Gasteiger partial charge in [-0.2, -0.15) is 0 Å². The molecule has 0 aromatic carbocycles. The van der Waals surface area contributed by atoms with E-state index in [-0.39, 0.29) is 0 Å². The molecule has 0 atom stereocenters. The van der Waals surface area contributed by atoms with Gasteiger partial charge in [0.25, 0.3) is 0 Å². The van der Waals surface area contributed by atoms with Crippen molar-refractivity contribution in [3.05, 3.63) is 0 Å². The molecule has 0 aliphatic carbocycles. The molecule has 0 N–H and O–H groups in total. The first-order chi connectivity index (χ1) is 13.6. The van der Waals surface area contributed by atoms with Gasteiger partial charge in [0, 0.05) is 51.7 Å². The third kappa shape index (κ3) is 12.0. The molecular formula is C20H46O6Si2. The molecule has 6 nitrogen and oxygen atoms in total. The SMILES string of the molecule is CCO[Si](CCCCCCCC[Si](OCC)(OCC)OCC)(OCC)OCC. The van der Waals surface area contributed by atoms with E-state index in [2.05, 4.69) is 0 Å². The summed E-state index contributed by atoms with van der Waals surface area (Å²) in [6, 6.07) is 1.83. The monoisotopic (exact) mass is 438 g/mol. The lowest BCUT2D eigenvalue weighted by Gasteiger charge is -2.28. The van der Waals surface area contributed by atoms with E-state index < -0.39 is 17.6 Å². The average molecular weight is 439 g/mol. The van der Waals surface area contributed by atoms with Crippen LogP contribution < -0.4 is 0 Å². The Kier molecular flexibility index (Phi) is 18.1. The van der Waals surface area contributed by atoms with Crippen molar-refractivity contribution in [1.29, 1.82) is 0 Å². The molecule has 0 fully saturated rings. The summed E-state index contributed by atoms with van der Waals surface area (Å²) in [4.78, 5) is 0. The number of hydrogen-bond donors (Lipinski definition) is 0. The minimum atomic E-state index is -2.47. The minimum Gasteiger partial charge on any atom is -0.374 e. The quantitative estimate of drug-likeness (QED) is 0.176. The van der Waals surface area contributed by atoms with Crippen LogP contribution in [-0.4, -0.2) is 57.3 Å². The highest BCUT2D eigenvalue weighted by Crippen LogP contribution is 2.23. The fraction of sp³-hybridized carbons (Fsp3) is 1.00. The van der Waals surface area contributed by atoms with Crippen LogP contribution in [0, 0.1) is 0 Å². The first-order valence-corrected chi connectivity index (χ1v) is 15.3. The largest absolute Gasteiger partial charge is 0.500 e. The lowest BCUT2D eigenvalue weighted by molar-refractivity contribution is 0.0695. The van der Waals surface area contributed by atoms with Crippen LogP contribution in [-0.2, 0) is 26.6 Å². The first-order valence-electron chi connectivity index (χ1n) is 11.4. The third-order valence-corrected chi connectivity index (χ3v) is 10.7. The van der Waals surface area contributed by atoms with E-state index in [9.17, 15) is 0 Å². The Hall–Kier alpha value is 0.194. The van der Waals surface area contributed by atoms with Crippen LogP contribution in [0.2, 0.25) is 12.1 Å². The lowest BCUT2D eigenvalue weighted by Crippen LogP contribution is -2.45. The molecule has 0 saturated heterocycles. The molecule has 170 valence electrons. The molecule has 0 aliphatic heterocycles. The van der Waals surface area contributed by atoms with Gasteiger partial charge in [-0.25, -0.2) is 0 Å². The van der Waals surface area contributed by atoms with E-state index >= 15 is 0 Å². The fourth-order valence-electron chi connectivity index (χ4n) is 3.39. The summed E-state index contributed by atoms with van der Waals surface area (Å²) in [6.45, 7) is 16.0. The lowest BCUT2D eigenvalue weighted by atomic mass is 10.1. The zero-order valence-electron chi connectivity index (χ0n) is 19.3. The smallest absolute Gasteiger partial charge is 0.374 e. The van der Waals surface area contributed by atoms with E-state index in [1.54, 1.807) is 0 Å². The fourth-order valence-corrected chi connectivity index (χ4v) is 8.76. The molecule has 0 amide bonds. The Morgan fingerprint density at radius 2 is 0.571 bits per heavy atom. The van der Waals surface area contributed by atoms with Gasteiger partial charge in [0.05, 0.1) is 0 Å². The Bertz CT molecular complexity index is 281. The Morgan fingerprint density at radius 1 is 0.357 bits per heavy atom. The Balaban J connectivity index is 4.14. The van der Waals surface area contributed by atoms with Crippen molar-refractivity contribution in [2.45, 2.75) is 92.2 Å². The van der Waals surface area contributed by atoms with E-state index in [1.165, 1.54) is 25.7 Å². The van der Waals surface area contributed by atoms with Gasteiger partial charge in [0.15, 0.2) is 0 Å². The average Bonchev–Trinajstić information content (AvgIpc) is 2.65. The predicted molar refractivity (Wildman–Crippen MR) is 119 cm³/mol. The van der Waals surface area contributed by atoms with Crippen LogP contribution in [0.5, 0.6) is 0 Å². The van der Waals surface area contributed by atoms with Gasteiger partial charge in [0.2, 0.25) is 0 Å². The minimum absolute atomic E-state index is 0.650. The summed E-state index contributed by atoms with van der Waals surface area (Å²) in [6.07, 6.45) is 7.02. The van der Waals surface area contributed by atoms with Crippen LogP contribution in [0.15, 0.2) is 0 Å². The molecule has 0 unspecified atom stereocenters.